The van der Waals surface area contributed by atoms with Crippen LogP contribution >= 0.6 is 0 Å². The molecule has 3 saturated heterocycles. The van der Waals surface area contributed by atoms with Crippen LogP contribution in [-0.2, 0) is 25.6 Å². The van der Waals surface area contributed by atoms with Crippen molar-refractivity contribution in [2.75, 3.05) is 45.9 Å². The van der Waals surface area contributed by atoms with Crippen LogP contribution in [0.4, 0.5) is 0 Å². The van der Waals surface area contributed by atoms with Gasteiger partial charge in [-0.3, -0.25) is 14.5 Å². The first-order valence-electron chi connectivity index (χ1n) is 9.41. The zero-order chi connectivity index (χ0) is 18.8. The second-order valence-electron chi connectivity index (χ2n) is 7.14. The van der Waals surface area contributed by atoms with Gasteiger partial charge in [0, 0.05) is 39.3 Å². The Balaban J connectivity index is 1.38. The first-order chi connectivity index (χ1) is 13.2. The van der Waals surface area contributed by atoms with Crippen LogP contribution in [0.2, 0.25) is 0 Å². The van der Waals surface area contributed by atoms with E-state index in [1.54, 1.807) is 9.80 Å². The number of aliphatic hydroxyl groups excluding tert-OH is 1. The topological polar surface area (TPSA) is 82.5 Å². The molecule has 2 bridgehead atoms. The van der Waals surface area contributed by atoms with E-state index >= 15 is 0 Å². The molecule has 0 spiro atoms. The number of carbonyl (C=O) groups excluding carboxylic acids is 2. The number of fused-ring (bicyclic) bond motifs is 2. The van der Waals surface area contributed by atoms with E-state index in [9.17, 15) is 9.59 Å². The van der Waals surface area contributed by atoms with Crippen molar-refractivity contribution in [3.63, 3.8) is 0 Å². The van der Waals surface area contributed by atoms with E-state index in [2.05, 4.69) is 4.90 Å². The Morgan fingerprint density at radius 1 is 1.11 bits per heavy atom. The van der Waals surface area contributed by atoms with Crippen molar-refractivity contribution in [1.82, 2.24) is 14.7 Å². The Bertz CT molecular complexity index is 677. The van der Waals surface area contributed by atoms with E-state index in [1.807, 2.05) is 30.3 Å². The third kappa shape index (κ3) is 3.84. The van der Waals surface area contributed by atoms with Crippen LogP contribution in [0.3, 0.4) is 0 Å². The number of morpholine rings is 1. The van der Waals surface area contributed by atoms with Crippen molar-refractivity contribution >= 4 is 11.8 Å². The maximum Gasteiger partial charge on any atom is 0.255 e. The zero-order valence-electron chi connectivity index (χ0n) is 15.2. The van der Waals surface area contributed by atoms with Gasteiger partial charge in [0.25, 0.3) is 11.8 Å². The highest BCUT2D eigenvalue weighted by Gasteiger charge is 2.52. The van der Waals surface area contributed by atoms with Crippen LogP contribution < -0.4 is 0 Å². The molecule has 1 N–H and O–H groups in total. The molecule has 0 aromatic heterocycles. The Hall–Kier alpha value is -2.00. The third-order valence-electron chi connectivity index (χ3n) is 5.36. The number of rotatable bonds is 5. The fourth-order valence-corrected chi connectivity index (χ4v) is 3.87. The minimum Gasteiger partial charge on any atom is -0.395 e. The number of amides is 2. The number of carbonyl (C=O) groups is 2. The number of β-amino-alcohol motifs (C(OH)–C–C–N with tert-alkyl or cyclic N) is 1. The normalized spacial score (nSPS) is 28.6. The molecule has 3 atom stereocenters. The molecule has 1 aromatic carbocycles. The molecule has 8 heteroatoms. The van der Waals surface area contributed by atoms with Crippen LogP contribution in [0, 0.1) is 0 Å². The van der Waals surface area contributed by atoms with Gasteiger partial charge in [0.15, 0.2) is 18.5 Å². The van der Waals surface area contributed by atoms with Crippen molar-refractivity contribution in [2.24, 2.45) is 0 Å². The smallest absolute Gasteiger partial charge is 0.255 e. The Labute approximate surface area is 158 Å². The second kappa shape index (κ2) is 7.93. The average Bonchev–Trinajstić information content (AvgIpc) is 3.06. The van der Waals surface area contributed by atoms with E-state index in [4.69, 9.17) is 14.6 Å². The van der Waals surface area contributed by atoms with Crippen LogP contribution in [0.25, 0.3) is 0 Å². The number of hydrogen-bond donors (Lipinski definition) is 1. The van der Waals surface area contributed by atoms with Gasteiger partial charge in [-0.25, -0.2) is 0 Å². The summed E-state index contributed by atoms with van der Waals surface area (Å²) in [6.07, 6.45) is -2.29. The lowest BCUT2D eigenvalue weighted by molar-refractivity contribution is -0.162. The molecule has 2 amide bonds. The first kappa shape index (κ1) is 18.4. The molecule has 3 aliphatic heterocycles. The van der Waals surface area contributed by atoms with E-state index in [1.165, 1.54) is 0 Å². The first-order valence-corrected chi connectivity index (χ1v) is 9.41. The summed E-state index contributed by atoms with van der Waals surface area (Å²) in [6.45, 7) is 4.10. The zero-order valence-corrected chi connectivity index (χ0v) is 15.2. The number of piperazine rings is 1. The highest BCUT2D eigenvalue weighted by molar-refractivity contribution is 5.92. The van der Waals surface area contributed by atoms with E-state index in [0.717, 1.165) is 5.56 Å². The summed E-state index contributed by atoms with van der Waals surface area (Å²) in [4.78, 5) is 31.3. The van der Waals surface area contributed by atoms with Gasteiger partial charge < -0.3 is 24.4 Å². The van der Waals surface area contributed by atoms with Gasteiger partial charge in [-0.2, -0.15) is 0 Å². The molecule has 8 nitrogen and oxygen atoms in total. The third-order valence-corrected chi connectivity index (χ3v) is 5.36. The summed E-state index contributed by atoms with van der Waals surface area (Å²) in [6, 6.07) is 9.76. The number of nitrogens with zero attached hydrogens (tertiary/aromatic N) is 3. The van der Waals surface area contributed by atoms with Gasteiger partial charge in [-0.05, 0) is 5.56 Å². The van der Waals surface area contributed by atoms with Gasteiger partial charge in [-0.15, -0.1) is 0 Å². The summed E-state index contributed by atoms with van der Waals surface area (Å²) in [5.41, 5.74) is 1.04. The molecule has 0 saturated carbocycles. The summed E-state index contributed by atoms with van der Waals surface area (Å²) >= 11 is 0. The lowest BCUT2D eigenvalue weighted by Crippen LogP contribution is -2.55. The molecule has 0 unspecified atom stereocenters. The van der Waals surface area contributed by atoms with Crippen LogP contribution in [-0.4, -0.2) is 96.0 Å². The maximum absolute atomic E-state index is 12.9. The van der Waals surface area contributed by atoms with Crippen LogP contribution in [0.1, 0.15) is 5.56 Å². The summed E-state index contributed by atoms with van der Waals surface area (Å²) in [5.74, 6) is -0.370. The summed E-state index contributed by atoms with van der Waals surface area (Å²) in [5, 5.41) is 9.03. The predicted octanol–water partition coefficient (Wildman–Crippen LogP) is -0.725. The van der Waals surface area contributed by atoms with Crippen molar-refractivity contribution in [3.05, 3.63) is 35.9 Å². The summed E-state index contributed by atoms with van der Waals surface area (Å²) in [7, 11) is 0. The van der Waals surface area contributed by atoms with Crippen LogP contribution in [0.15, 0.2) is 30.3 Å². The molecular weight excluding hydrogens is 350 g/mol. The minimum atomic E-state index is -0.868. The maximum atomic E-state index is 12.9. The fourth-order valence-electron chi connectivity index (χ4n) is 3.87. The largest absolute Gasteiger partial charge is 0.395 e. The predicted molar refractivity (Wildman–Crippen MR) is 95.5 cm³/mol. The molecule has 0 aliphatic carbocycles. The highest BCUT2D eigenvalue weighted by Crippen LogP contribution is 2.29. The molecule has 27 heavy (non-hydrogen) atoms. The molecule has 146 valence electrons. The van der Waals surface area contributed by atoms with Crippen molar-refractivity contribution in [2.45, 2.75) is 25.0 Å². The lowest BCUT2D eigenvalue weighted by Gasteiger charge is -2.35. The van der Waals surface area contributed by atoms with Gasteiger partial charge in [-0.1, -0.05) is 30.3 Å². The quantitative estimate of drug-likeness (QED) is 0.731. The molecule has 3 aliphatic rings. The van der Waals surface area contributed by atoms with Gasteiger partial charge >= 0.3 is 0 Å². The standard InChI is InChI=1S/C19H25N3O5/c23-11-10-20-6-8-21(9-7-20)18(24)16-17-19(25)22(13-15(26-16)27-17)12-14-4-2-1-3-5-14/h1-5,15-17,23H,6-13H2/t15-,16+,17-/m0/s1. The second-order valence-corrected chi connectivity index (χ2v) is 7.14. The van der Waals surface area contributed by atoms with Crippen molar-refractivity contribution in [1.29, 1.82) is 0 Å². The Morgan fingerprint density at radius 2 is 1.85 bits per heavy atom. The number of benzene rings is 1. The molecule has 4 rings (SSSR count). The summed E-state index contributed by atoms with van der Waals surface area (Å²) < 4.78 is 11.4. The highest BCUT2D eigenvalue weighted by atomic mass is 16.7. The Morgan fingerprint density at radius 3 is 2.56 bits per heavy atom. The molecule has 3 heterocycles. The Kier molecular flexibility index (Phi) is 5.40. The van der Waals surface area contributed by atoms with Crippen molar-refractivity contribution in [3.8, 4) is 0 Å². The SMILES string of the molecule is O=C1[C@H]2O[C@@H](CN1Cc1ccccc1)O[C@H]2C(=O)N1CCN(CCO)CC1. The number of hydrogen-bond acceptors (Lipinski definition) is 6. The van der Waals surface area contributed by atoms with Gasteiger partial charge in [0.1, 0.15) is 0 Å². The number of ether oxygens (including phenoxy) is 2. The minimum absolute atomic E-state index is 0.114. The van der Waals surface area contributed by atoms with Gasteiger partial charge in [0.05, 0.1) is 13.2 Å². The van der Waals surface area contributed by atoms with E-state index < -0.39 is 18.5 Å². The fraction of sp³-hybridized carbons (Fsp3) is 0.579. The average molecular weight is 375 g/mol. The lowest BCUT2D eigenvalue weighted by atomic mass is 10.1. The van der Waals surface area contributed by atoms with Crippen LogP contribution in [0.5, 0.6) is 0 Å². The van der Waals surface area contributed by atoms with Crippen molar-refractivity contribution < 1.29 is 24.2 Å². The molecule has 3 fully saturated rings. The molecular formula is C19H25N3O5. The monoisotopic (exact) mass is 375 g/mol. The number of aliphatic hydroxyl groups is 1. The molecule has 1 aromatic rings. The van der Waals surface area contributed by atoms with E-state index in [-0.39, 0.29) is 18.4 Å². The molecule has 0 radical (unpaired) electrons. The van der Waals surface area contributed by atoms with Gasteiger partial charge in [0.2, 0.25) is 0 Å². The van der Waals surface area contributed by atoms with E-state index in [0.29, 0.717) is 45.8 Å².